The molecule has 0 aliphatic rings. The van der Waals surface area contributed by atoms with Crippen LogP contribution in [0.25, 0.3) is 10.9 Å². The normalized spacial score (nSPS) is 10.7. The van der Waals surface area contributed by atoms with Crippen LogP contribution < -0.4 is 22.5 Å². The summed E-state index contributed by atoms with van der Waals surface area (Å²) in [5, 5.41) is 0.836. The molecule has 3 aromatic rings. The number of hydrazine groups is 2. The van der Waals surface area contributed by atoms with Gasteiger partial charge in [-0.2, -0.15) is 0 Å². The summed E-state index contributed by atoms with van der Waals surface area (Å²) in [6.45, 7) is 2.63. The second kappa shape index (κ2) is 7.38. The average molecular weight is 351 g/mol. The monoisotopic (exact) mass is 351 g/mol. The minimum absolute atomic E-state index is 0.133. The minimum Gasteiger partial charge on any atom is -0.340 e. The number of nitrogens with two attached hydrogens (primary N) is 2. The number of carbonyl (C=O) groups is 2. The van der Waals surface area contributed by atoms with Crippen LogP contribution in [0.2, 0.25) is 0 Å². The fourth-order valence-corrected chi connectivity index (χ4v) is 3.18. The molecular weight excluding hydrogens is 330 g/mol. The van der Waals surface area contributed by atoms with Crippen molar-refractivity contribution in [2.75, 3.05) is 0 Å². The molecule has 0 aliphatic carbocycles. The Morgan fingerprint density at radius 2 is 1.77 bits per heavy atom. The van der Waals surface area contributed by atoms with Gasteiger partial charge in [-0.3, -0.25) is 20.4 Å². The van der Waals surface area contributed by atoms with Crippen LogP contribution in [0.5, 0.6) is 0 Å². The number of rotatable bonds is 5. The van der Waals surface area contributed by atoms with E-state index in [1.165, 1.54) is 0 Å². The average Bonchev–Trinajstić information content (AvgIpc) is 2.93. The molecule has 1 heterocycles. The van der Waals surface area contributed by atoms with Gasteiger partial charge in [-0.05, 0) is 36.2 Å². The van der Waals surface area contributed by atoms with Crippen molar-refractivity contribution in [2.24, 2.45) is 11.7 Å². The van der Waals surface area contributed by atoms with Gasteiger partial charge in [0.15, 0.2) is 0 Å². The van der Waals surface area contributed by atoms with E-state index in [0.717, 1.165) is 27.7 Å². The molecule has 3 rings (SSSR count). The quantitative estimate of drug-likeness (QED) is 0.313. The van der Waals surface area contributed by atoms with Crippen LogP contribution in [0.4, 0.5) is 0 Å². The molecule has 6 N–H and O–H groups in total. The summed E-state index contributed by atoms with van der Waals surface area (Å²) in [6.07, 6.45) is 0.133. The Labute approximate surface area is 150 Å². The maximum absolute atomic E-state index is 11.9. The molecule has 0 aliphatic heterocycles. The van der Waals surface area contributed by atoms with E-state index in [0.29, 0.717) is 12.1 Å². The number of nitrogens with zero attached hydrogens (tertiary/aromatic N) is 1. The molecule has 0 saturated carbocycles. The zero-order chi connectivity index (χ0) is 18.7. The van der Waals surface area contributed by atoms with Gasteiger partial charge in [0.05, 0.1) is 6.42 Å². The Balaban J connectivity index is 2.16. The molecule has 0 unspecified atom stereocenters. The Bertz CT molecular complexity index is 963. The Kier molecular flexibility index (Phi) is 5.01. The number of nitrogens with one attached hydrogen (secondary N) is 2. The van der Waals surface area contributed by atoms with Crippen molar-refractivity contribution in [3.8, 4) is 0 Å². The lowest BCUT2D eigenvalue weighted by Crippen LogP contribution is -2.31. The lowest BCUT2D eigenvalue weighted by molar-refractivity contribution is -0.120. The van der Waals surface area contributed by atoms with Crippen molar-refractivity contribution in [3.05, 3.63) is 70.9 Å². The van der Waals surface area contributed by atoms with Crippen LogP contribution in [0.3, 0.4) is 0 Å². The fraction of sp³-hybridized carbons (Fsp3) is 0.158. The molecule has 7 heteroatoms. The molecule has 2 aromatic carbocycles. The van der Waals surface area contributed by atoms with Gasteiger partial charge in [-0.1, -0.05) is 30.3 Å². The minimum atomic E-state index is -0.380. The molecule has 26 heavy (non-hydrogen) atoms. The summed E-state index contributed by atoms with van der Waals surface area (Å²) < 4.78 is 2.13. The van der Waals surface area contributed by atoms with Crippen LogP contribution in [0.1, 0.15) is 27.2 Å². The van der Waals surface area contributed by atoms with Gasteiger partial charge in [0.1, 0.15) is 0 Å². The van der Waals surface area contributed by atoms with Crippen molar-refractivity contribution < 1.29 is 9.59 Å². The molecule has 0 atom stereocenters. The summed E-state index contributed by atoms with van der Waals surface area (Å²) in [4.78, 5) is 23.8. The fourth-order valence-electron chi connectivity index (χ4n) is 3.18. The molecule has 2 amide bonds. The van der Waals surface area contributed by atoms with E-state index in [-0.39, 0.29) is 18.2 Å². The van der Waals surface area contributed by atoms with Gasteiger partial charge < -0.3 is 4.57 Å². The predicted molar refractivity (Wildman–Crippen MR) is 99.9 cm³/mol. The highest BCUT2D eigenvalue weighted by Crippen LogP contribution is 2.28. The van der Waals surface area contributed by atoms with Crippen molar-refractivity contribution >= 4 is 22.7 Å². The first-order valence-corrected chi connectivity index (χ1v) is 8.21. The first-order chi connectivity index (χ1) is 12.5. The summed E-state index contributed by atoms with van der Waals surface area (Å²) >= 11 is 0. The molecule has 0 fully saturated rings. The SMILES string of the molecule is Cc1c(CC(=O)NN)c2cc(C(=O)NN)ccc2n1Cc1ccccc1. The molecular formula is C19H21N5O2. The van der Waals surface area contributed by atoms with Crippen molar-refractivity contribution in [1.29, 1.82) is 0 Å². The number of amides is 2. The lowest BCUT2D eigenvalue weighted by atomic mass is 10.0. The lowest BCUT2D eigenvalue weighted by Gasteiger charge is -2.09. The van der Waals surface area contributed by atoms with Gasteiger partial charge in [-0.15, -0.1) is 0 Å². The number of fused-ring (bicyclic) bond motifs is 1. The van der Waals surface area contributed by atoms with E-state index >= 15 is 0 Å². The van der Waals surface area contributed by atoms with E-state index in [9.17, 15) is 9.59 Å². The van der Waals surface area contributed by atoms with Gasteiger partial charge in [0.25, 0.3) is 5.91 Å². The van der Waals surface area contributed by atoms with E-state index < -0.39 is 0 Å². The van der Waals surface area contributed by atoms with E-state index in [4.69, 9.17) is 11.7 Å². The first kappa shape index (κ1) is 17.7. The maximum atomic E-state index is 11.9. The van der Waals surface area contributed by atoms with Gasteiger partial charge in [-0.25, -0.2) is 11.7 Å². The van der Waals surface area contributed by atoms with Crippen LogP contribution in [0.15, 0.2) is 48.5 Å². The number of aromatic nitrogens is 1. The third-order valence-corrected chi connectivity index (χ3v) is 4.53. The van der Waals surface area contributed by atoms with Gasteiger partial charge >= 0.3 is 0 Å². The van der Waals surface area contributed by atoms with Gasteiger partial charge in [0.2, 0.25) is 5.91 Å². The summed E-state index contributed by atoms with van der Waals surface area (Å²) in [5.41, 5.74) is 8.62. The van der Waals surface area contributed by atoms with Crippen molar-refractivity contribution in [1.82, 2.24) is 15.4 Å². The first-order valence-electron chi connectivity index (χ1n) is 8.21. The Morgan fingerprint density at radius 3 is 2.42 bits per heavy atom. The topological polar surface area (TPSA) is 115 Å². The highest BCUT2D eigenvalue weighted by molar-refractivity contribution is 6.00. The summed E-state index contributed by atoms with van der Waals surface area (Å²) in [6, 6.07) is 15.4. The largest absolute Gasteiger partial charge is 0.340 e. The number of benzene rings is 2. The molecule has 7 nitrogen and oxygen atoms in total. The summed E-state index contributed by atoms with van der Waals surface area (Å²) in [5.74, 6) is 9.83. The molecule has 0 bridgehead atoms. The molecule has 0 radical (unpaired) electrons. The van der Waals surface area contributed by atoms with Crippen molar-refractivity contribution in [2.45, 2.75) is 19.9 Å². The van der Waals surface area contributed by atoms with Crippen LogP contribution >= 0.6 is 0 Å². The van der Waals surface area contributed by atoms with Crippen LogP contribution in [-0.2, 0) is 17.8 Å². The zero-order valence-electron chi connectivity index (χ0n) is 14.5. The number of nitrogen functional groups attached to an aromatic ring is 1. The zero-order valence-corrected chi connectivity index (χ0v) is 14.5. The van der Waals surface area contributed by atoms with E-state index in [2.05, 4.69) is 15.4 Å². The number of carbonyl (C=O) groups excluding carboxylic acids is 2. The van der Waals surface area contributed by atoms with Crippen LogP contribution in [-0.4, -0.2) is 16.4 Å². The molecule has 0 spiro atoms. The highest BCUT2D eigenvalue weighted by atomic mass is 16.2. The molecule has 1 aromatic heterocycles. The highest BCUT2D eigenvalue weighted by Gasteiger charge is 2.18. The number of hydrogen-bond acceptors (Lipinski definition) is 4. The maximum Gasteiger partial charge on any atom is 0.265 e. The van der Waals surface area contributed by atoms with Gasteiger partial charge in [0, 0.05) is 28.7 Å². The third kappa shape index (κ3) is 3.30. The number of hydrogen-bond donors (Lipinski definition) is 4. The Morgan fingerprint density at radius 1 is 1.04 bits per heavy atom. The smallest absolute Gasteiger partial charge is 0.265 e. The second-order valence-electron chi connectivity index (χ2n) is 6.09. The third-order valence-electron chi connectivity index (χ3n) is 4.53. The molecule has 134 valence electrons. The summed E-state index contributed by atoms with van der Waals surface area (Å²) in [7, 11) is 0. The second-order valence-corrected chi connectivity index (χ2v) is 6.09. The molecule has 0 saturated heterocycles. The van der Waals surface area contributed by atoms with Crippen molar-refractivity contribution in [3.63, 3.8) is 0 Å². The van der Waals surface area contributed by atoms with E-state index in [1.54, 1.807) is 12.1 Å². The predicted octanol–water partition coefficient (Wildman–Crippen LogP) is 1.13. The van der Waals surface area contributed by atoms with E-state index in [1.807, 2.05) is 43.3 Å². The van der Waals surface area contributed by atoms with Crippen LogP contribution in [0, 0.1) is 6.92 Å². The Hall–Kier alpha value is -3.16. The standard InChI is InChI=1S/C19H21N5O2/c1-12-15(10-18(25)22-20)16-9-14(19(26)23-21)7-8-17(16)24(12)11-13-5-3-2-4-6-13/h2-9H,10-11,20-21H2,1H3,(H,22,25)(H,23,26).